The van der Waals surface area contributed by atoms with Crippen molar-refractivity contribution in [3.63, 3.8) is 0 Å². The fourth-order valence-corrected chi connectivity index (χ4v) is 3.41. The summed E-state index contributed by atoms with van der Waals surface area (Å²) in [6.07, 6.45) is 4.51. The van der Waals surface area contributed by atoms with E-state index in [0.29, 0.717) is 0 Å². The molecule has 1 saturated carbocycles. The van der Waals surface area contributed by atoms with Crippen LogP contribution in [0.3, 0.4) is 0 Å². The van der Waals surface area contributed by atoms with E-state index in [2.05, 4.69) is 4.98 Å². The van der Waals surface area contributed by atoms with Crippen LogP contribution < -0.4 is 11.2 Å². The second kappa shape index (κ2) is 4.86. The fraction of sp³-hybridized carbons (Fsp3) is 0.600. The number of hydrogen-bond acceptors (Lipinski definition) is 3. The molecule has 17 heavy (non-hydrogen) atoms. The molecule has 1 fully saturated rings. The van der Waals surface area contributed by atoms with Crippen molar-refractivity contribution in [3.05, 3.63) is 31.8 Å². The SMILES string of the molecule is CSC1CCCC1n1c(=O)[nH]c(Cl)c(F)c1=O. The van der Waals surface area contributed by atoms with Gasteiger partial charge < -0.3 is 0 Å². The maximum Gasteiger partial charge on any atom is 0.329 e. The Hall–Kier alpha value is -0.750. The number of nitrogens with one attached hydrogen (secondary N) is 1. The van der Waals surface area contributed by atoms with Gasteiger partial charge in [-0.2, -0.15) is 16.2 Å². The number of hydrogen-bond donors (Lipinski definition) is 1. The summed E-state index contributed by atoms with van der Waals surface area (Å²) in [5.74, 6) is -1.09. The van der Waals surface area contributed by atoms with Crippen molar-refractivity contribution < 1.29 is 4.39 Å². The zero-order valence-electron chi connectivity index (χ0n) is 9.20. The molecule has 0 aliphatic heterocycles. The number of H-pyrrole nitrogens is 1. The van der Waals surface area contributed by atoms with Crippen molar-refractivity contribution in [2.24, 2.45) is 0 Å². The van der Waals surface area contributed by atoms with Gasteiger partial charge in [-0.25, -0.2) is 4.79 Å². The van der Waals surface area contributed by atoms with Crippen LogP contribution in [0.25, 0.3) is 0 Å². The molecule has 0 radical (unpaired) electrons. The highest BCUT2D eigenvalue weighted by Gasteiger charge is 2.31. The Bertz CT molecular complexity index is 542. The molecule has 0 amide bonds. The van der Waals surface area contributed by atoms with Crippen molar-refractivity contribution in [1.29, 1.82) is 0 Å². The molecule has 0 bridgehead atoms. The summed E-state index contributed by atoms with van der Waals surface area (Å²) in [6.45, 7) is 0. The van der Waals surface area contributed by atoms with Crippen molar-refractivity contribution in [2.75, 3.05) is 6.26 Å². The minimum atomic E-state index is -1.09. The van der Waals surface area contributed by atoms with E-state index in [9.17, 15) is 14.0 Å². The molecular weight excluding hydrogens is 267 g/mol. The molecule has 1 heterocycles. The quantitative estimate of drug-likeness (QED) is 0.839. The van der Waals surface area contributed by atoms with E-state index >= 15 is 0 Å². The first-order chi connectivity index (χ1) is 8.06. The predicted octanol–water partition coefficient (Wildman–Crippen LogP) is 1.79. The third-order valence-corrected chi connectivity index (χ3v) is 4.50. The Morgan fingerprint density at radius 3 is 2.82 bits per heavy atom. The highest BCUT2D eigenvalue weighted by atomic mass is 35.5. The van der Waals surface area contributed by atoms with E-state index in [-0.39, 0.29) is 11.3 Å². The number of halogens is 2. The third-order valence-electron chi connectivity index (χ3n) is 3.09. The lowest BCUT2D eigenvalue weighted by Crippen LogP contribution is -2.41. The summed E-state index contributed by atoms with van der Waals surface area (Å²) in [6, 6.07) is -0.243. The van der Waals surface area contributed by atoms with Crippen LogP contribution >= 0.6 is 23.4 Å². The average Bonchev–Trinajstić information content (AvgIpc) is 2.74. The first-order valence-corrected chi connectivity index (χ1v) is 6.95. The van der Waals surface area contributed by atoms with Gasteiger partial charge in [0.15, 0.2) is 5.15 Å². The molecular formula is C10H12ClFN2O2S. The van der Waals surface area contributed by atoms with Gasteiger partial charge in [0.1, 0.15) is 0 Å². The number of aromatic nitrogens is 2. The molecule has 0 spiro atoms. The average molecular weight is 279 g/mol. The van der Waals surface area contributed by atoms with Gasteiger partial charge in [0.25, 0.3) is 5.56 Å². The number of aromatic amines is 1. The summed E-state index contributed by atoms with van der Waals surface area (Å²) in [4.78, 5) is 25.6. The van der Waals surface area contributed by atoms with Gasteiger partial charge in [-0.3, -0.25) is 14.3 Å². The Balaban J connectivity index is 2.56. The van der Waals surface area contributed by atoms with Gasteiger partial charge >= 0.3 is 5.69 Å². The lowest BCUT2D eigenvalue weighted by atomic mass is 10.2. The molecule has 0 saturated heterocycles. The standard InChI is InChI=1S/C10H12ClFN2O2S/c1-17-6-4-2-3-5(6)14-9(15)7(12)8(11)13-10(14)16/h5-6H,2-4H2,1H3,(H,13,16). The van der Waals surface area contributed by atoms with Crippen molar-refractivity contribution in [3.8, 4) is 0 Å². The molecule has 0 aromatic carbocycles. The second-order valence-electron chi connectivity index (χ2n) is 4.01. The summed E-state index contributed by atoms with van der Waals surface area (Å²) in [5, 5.41) is -0.343. The minimum absolute atomic E-state index is 0.175. The summed E-state index contributed by atoms with van der Waals surface area (Å²) in [5.41, 5.74) is -1.56. The molecule has 4 nitrogen and oxygen atoms in total. The third kappa shape index (κ3) is 2.15. The number of rotatable bonds is 2. The van der Waals surface area contributed by atoms with Crippen LogP contribution in [0.5, 0.6) is 0 Å². The van der Waals surface area contributed by atoms with Gasteiger partial charge in [-0.1, -0.05) is 18.0 Å². The first-order valence-electron chi connectivity index (χ1n) is 5.29. The summed E-state index contributed by atoms with van der Waals surface area (Å²) >= 11 is 7.01. The second-order valence-corrected chi connectivity index (χ2v) is 5.46. The molecule has 94 valence electrons. The highest BCUT2D eigenvalue weighted by Crippen LogP contribution is 2.35. The van der Waals surface area contributed by atoms with Gasteiger partial charge in [0.05, 0.1) is 6.04 Å². The maximum absolute atomic E-state index is 13.4. The van der Waals surface area contributed by atoms with E-state index < -0.39 is 22.2 Å². The Labute approximate surface area is 106 Å². The fourth-order valence-electron chi connectivity index (χ4n) is 2.28. The molecule has 1 aromatic rings. The van der Waals surface area contributed by atoms with Crippen molar-refractivity contribution in [1.82, 2.24) is 9.55 Å². The number of nitrogens with zero attached hydrogens (tertiary/aromatic N) is 1. The Morgan fingerprint density at radius 1 is 1.47 bits per heavy atom. The van der Waals surface area contributed by atoms with E-state index in [0.717, 1.165) is 23.8 Å². The van der Waals surface area contributed by atoms with Crippen LogP contribution in [0.1, 0.15) is 25.3 Å². The molecule has 2 rings (SSSR count). The maximum atomic E-state index is 13.4. The van der Waals surface area contributed by atoms with E-state index in [4.69, 9.17) is 11.6 Å². The highest BCUT2D eigenvalue weighted by molar-refractivity contribution is 7.99. The molecule has 1 aliphatic rings. The van der Waals surface area contributed by atoms with E-state index in [1.165, 1.54) is 0 Å². The van der Waals surface area contributed by atoms with Crippen LogP contribution in [0.4, 0.5) is 4.39 Å². The molecule has 2 unspecified atom stereocenters. The van der Waals surface area contributed by atoms with Gasteiger partial charge in [-0.05, 0) is 19.1 Å². The Morgan fingerprint density at radius 2 is 2.18 bits per heavy atom. The zero-order chi connectivity index (χ0) is 12.6. The molecule has 1 N–H and O–H groups in total. The van der Waals surface area contributed by atoms with E-state index in [1.807, 2.05) is 6.26 Å². The van der Waals surface area contributed by atoms with Crippen LogP contribution in [0.15, 0.2) is 9.59 Å². The summed E-state index contributed by atoms with van der Waals surface area (Å²) < 4.78 is 14.4. The van der Waals surface area contributed by atoms with Crippen LogP contribution in [0, 0.1) is 5.82 Å². The number of thioether (sulfide) groups is 1. The van der Waals surface area contributed by atoms with Gasteiger partial charge in [-0.15, -0.1) is 0 Å². The topological polar surface area (TPSA) is 54.9 Å². The van der Waals surface area contributed by atoms with Crippen LogP contribution in [-0.2, 0) is 0 Å². The lowest BCUT2D eigenvalue weighted by Gasteiger charge is -2.19. The largest absolute Gasteiger partial charge is 0.329 e. The summed E-state index contributed by atoms with van der Waals surface area (Å²) in [7, 11) is 0. The molecule has 1 aliphatic carbocycles. The van der Waals surface area contributed by atoms with Crippen molar-refractivity contribution in [2.45, 2.75) is 30.6 Å². The van der Waals surface area contributed by atoms with E-state index in [1.54, 1.807) is 11.8 Å². The van der Waals surface area contributed by atoms with Crippen LogP contribution in [-0.4, -0.2) is 21.1 Å². The predicted molar refractivity (Wildman–Crippen MR) is 66.5 cm³/mol. The Kier molecular flexibility index (Phi) is 3.63. The lowest BCUT2D eigenvalue weighted by molar-refractivity contribution is 0.458. The molecule has 7 heteroatoms. The van der Waals surface area contributed by atoms with Crippen LogP contribution in [0.2, 0.25) is 5.15 Å². The van der Waals surface area contributed by atoms with Gasteiger partial charge in [0, 0.05) is 5.25 Å². The molecule has 2 atom stereocenters. The first kappa shape index (κ1) is 12.7. The minimum Gasteiger partial charge on any atom is -0.295 e. The molecule has 1 aromatic heterocycles. The zero-order valence-corrected chi connectivity index (χ0v) is 10.8. The monoisotopic (exact) mass is 278 g/mol. The van der Waals surface area contributed by atoms with Gasteiger partial charge in [0.2, 0.25) is 5.82 Å². The normalized spacial score (nSPS) is 24.2. The smallest absolute Gasteiger partial charge is 0.295 e. The van der Waals surface area contributed by atoms with Crippen molar-refractivity contribution >= 4 is 23.4 Å².